The smallest absolute Gasteiger partial charge is 0.279 e. The van der Waals surface area contributed by atoms with E-state index in [0.29, 0.717) is 5.56 Å². The standard InChI is InChI=1S/C14H10F2N2O2S/c1-8-2-4-10(13(6-8)18(19)20)14(21)17-12-7-9(15)3-5-11(12)16/h2-7H,1H3,(H,17,21). The second-order valence-electron chi connectivity index (χ2n) is 4.36. The number of halogens is 2. The minimum Gasteiger partial charge on any atom is -0.343 e. The Morgan fingerprint density at radius 1 is 1.24 bits per heavy atom. The van der Waals surface area contributed by atoms with Crippen LogP contribution in [-0.2, 0) is 0 Å². The number of aryl methyl sites for hydroxylation is 1. The molecule has 0 aliphatic heterocycles. The number of nitrogens with zero attached hydrogens (tertiary/aromatic N) is 1. The highest BCUT2D eigenvalue weighted by Gasteiger charge is 2.18. The van der Waals surface area contributed by atoms with Crippen LogP contribution in [0.5, 0.6) is 0 Å². The van der Waals surface area contributed by atoms with Crippen molar-refractivity contribution in [3.63, 3.8) is 0 Å². The van der Waals surface area contributed by atoms with Crippen molar-refractivity contribution in [3.05, 3.63) is 69.3 Å². The molecule has 7 heteroatoms. The van der Waals surface area contributed by atoms with Gasteiger partial charge in [0.15, 0.2) is 0 Å². The van der Waals surface area contributed by atoms with Crippen molar-refractivity contribution in [2.45, 2.75) is 6.92 Å². The van der Waals surface area contributed by atoms with Crippen LogP contribution in [0.15, 0.2) is 36.4 Å². The number of hydrogen-bond donors (Lipinski definition) is 1. The molecule has 0 aliphatic carbocycles. The fourth-order valence-electron chi connectivity index (χ4n) is 1.77. The van der Waals surface area contributed by atoms with Gasteiger partial charge in [-0.3, -0.25) is 10.1 Å². The van der Waals surface area contributed by atoms with Gasteiger partial charge in [-0.25, -0.2) is 8.78 Å². The Morgan fingerprint density at radius 2 is 1.95 bits per heavy atom. The Bertz CT molecular complexity index is 735. The van der Waals surface area contributed by atoms with E-state index < -0.39 is 16.6 Å². The molecule has 21 heavy (non-hydrogen) atoms. The summed E-state index contributed by atoms with van der Waals surface area (Å²) in [6.45, 7) is 1.71. The maximum Gasteiger partial charge on any atom is 0.279 e. The molecule has 108 valence electrons. The van der Waals surface area contributed by atoms with E-state index in [2.05, 4.69) is 5.32 Å². The SMILES string of the molecule is Cc1ccc(C(=S)Nc2cc(F)ccc2F)c([N+](=O)[O-])c1. The lowest BCUT2D eigenvalue weighted by Gasteiger charge is -2.10. The largest absolute Gasteiger partial charge is 0.343 e. The third-order valence-corrected chi connectivity index (χ3v) is 3.09. The summed E-state index contributed by atoms with van der Waals surface area (Å²) < 4.78 is 26.6. The molecule has 2 rings (SSSR count). The normalized spacial score (nSPS) is 10.2. The molecule has 0 bridgehead atoms. The van der Waals surface area contributed by atoms with E-state index in [9.17, 15) is 18.9 Å². The van der Waals surface area contributed by atoms with Crippen LogP contribution >= 0.6 is 12.2 Å². The molecule has 0 radical (unpaired) electrons. The van der Waals surface area contributed by atoms with E-state index >= 15 is 0 Å². The maximum atomic E-state index is 13.5. The summed E-state index contributed by atoms with van der Waals surface area (Å²) in [5.74, 6) is -1.34. The average molecular weight is 308 g/mol. The third kappa shape index (κ3) is 3.38. The van der Waals surface area contributed by atoms with Crippen molar-refractivity contribution in [3.8, 4) is 0 Å². The van der Waals surface area contributed by atoms with Crippen LogP contribution < -0.4 is 5.32 Å². The molecular formula is C14H10F2N2O2S. The fraction of sp³-hybridized carbons (Fsp3) is 0.0714. The van der Waals surface area contributed by atoms with Crippen LogP contribution in [0, 0.1) is 28.7 Å². The number of nitro groups is 1. The highest BCUT2D eigenvalue weighted by atomic mass is 32.1. The first-order valence-electron chi connectivity index (χ1n) is 5.90. The number of hydrogen-bond acceptors (Lipinski definition) is 3. The topological polar surface area (TPSA) is 55.2 Å². The molecule has 0 amide bonds. The molecule has 4 nitrogen and oxygen atoms in total. The van der Waals surface area contributed by atoms with Gasteiger partial charge in [0.2, 0.25) is 0 Å². The van der Waals surface area contributed by atoms with E-state index in [-0.39, 0.29) is 21.9 Å². The van der Waals surface area contributed by atoms with Crippen molar-refractivity contribution in [1.29, 1.82) is 0 Å². The Hall–Kier alpha value is -2.41. The lowest BCUT2D eigenvalue weighted by atomic mass is 10.1. The van der Waals surface area contributed by atoms with Crippen LogP contribution in [0.4, 0.5) is 20.2 Å². The predicted molar refractivity (Wildman–Crippen MR) is 79.5 cm³/mol. The van der Waals surface area contributed by atoms with Crippen LogP contribution in [-0.4, -0.2) is 9.91 Å². The highest BCUT2D eigenvalue weighted by molar-refractivity contribution is 7.81. The summed E-state index contributed by atoms with van der Waals surface area (Å²) in [6.07, 6.45) is 0. The monoisotopic (exact) mass is 308 g/mol. The molecule has 0 unspecified atom stereocenters. The number of thiocarbonyl (C=S) groups is 1. The quantitative estimate of drug-likeness (QED) is 0.529. The van der Waals surface area contributed by atoms with Gasteiger partial charge in [-0.2, -0.15) is 0 Å². The molecule has 0 aromatic heterocycles. The zero-order valence-corrected chi connectivity index (χ0v) is 11.7. The van der Waals surface area contributed by atoms with Crippen molar-refractivity contribution in [2.24, 2.45) is 0 Å². The summed E-state index contributed by atoms with van der Waals surface area (Å²) in [6, 6.07) is 7.34. The lowest BCUT2D eigenvalue weighted by molar-refractivity contribution is -0.385. The van der Waals surface area contributed by atoms with Gasteiger partial charge in [-0.15, -0.1) is 0 Å². The van der Waals surface area contributed by atoms with Crippen molar-refractivity contribution in [1.82, 2.24) is 0 Å². The summed E-state index contributed by atoms with van der Waals surface area (Å²) in [7, 11) is 0. The second-order valence-corrected chi connectivity index (χ2v) is 4.76. The van der Waals surface area contributed by atoms with E-state index in [1.165, 1.54) is 12.1 Å². The van der Waals surface area contributed by atoms with Gasteiger partial charge >= 0.3 is 0 Å². The minimum atomic E-state index is -0.700. The van der Waals surface area contributed by atoms with Crippen molar-refractivity contribution < 1.29 is 13.7 Å². The highest BCUT2D eigenvalue weighted by Crippen LogP contribution is 2.23. The van der Waals surface area contributed by atoms with E-state index in [0.717, 1.165) is 18.2 Å². The summed E-state index contributed by atoms with van der Waals surface area (Å²) in [5.41, 5.74) is 0.480. The molecule has 1 N–H and O–H groups in total. The number of benzene rings is 2. The summed E-state index contributed by atoms with van der Waals surface area (Å²) in [4.78, 5) is 10.4. The van der Waals surface area contributed by atoms with Gasteiger partial charge in [-0.1, -0.05) is 18.3 Å². The van der Waals surface area contributed by atoms with Crippen LogP contribution in [0.3, 0.4) is 0 Å². The molecule has 0 saturated heterocycles. The molecule has 0 aliphatic rings. The van der Waals surface area contributed by atoms with Crippen LogP contribution in [0.1, 0.15) is 11.1 Å². The molecule has 0 spiro atoms. The van der Waals surface area contributed by atoms with Crippen LogP contribution in [0.2, 0.25) is 0 Å². The molecular weight excluding hydrogens is 298 g/mol. The zero-order chi connectivity index (χ0) is 15.6. The van der Waals surface area contributed by atoms with Gasteiger partial charge in [0.1, 0.15) is 16.6 Å². The molecule has 0 atom stereocenters. The summed E-state index contributed by atoms with van der Waals surface area (Å²) >= 11 is 5.05. The molecule has 0 heterocycles. The van der Waals surface area contributed by atoms with Gasteiger partial charge in [0.05, 0.1) is 16.2 Å². The predicted octanol–water partition coefficient (Wildman–Crippen LogP) is 3.97. The molecule has 2 aromatic rings. The van der Waals surface area contributed by atoms with Crippen molar-refractivity contribution in [2.75, 3.05) is 5.32 Å². The number of nitrogens with one attached hydrogen (secondary N) is 1. The zero-order valence-electron chi connectivity index (χ0n) is 10.9. The molecule has 0 fully saturated rings. The maximum absolute atomic E-state index is 13.5. The molecule has 2 aromatic carbocycles. The number of nitro benzene ring substituents is 1. The van der Waals surface area contributed by atoms with Crippen molar-refractivity contribution >= 4 is 28.6 Å². The van der Waals surface area contributed by atoms with E-state index in [1.807, 2.05) is 0 Å². The number of rotatable bonds is 3. The minimum absolute atomic E-state index is 0.0498. The first kappa shape index (κ1) is 15.0. The van der Waals surface area contributed by atoms with Gasteiger partial charge in [-0.05, 0) is 30.7 Å². The number of anilines is 1. The Labute approximate surface area is 124 Å². The first-order valence-corrected chi connectivity index (χ1v) is 6.31. The van der Waals surface area contributed by atoms with Gasteiger partial charge in [0, 0.05) is 12.1 Å². The van der Waals surface area contributed by atoms with E-state index in [4.69, 9.17) is 12.2 Å². The lowest BCUT2D eigenvalue weighted by Crippen LogP contribution is -2.14. The molecule has 0 saturated carbocycles. The van der Waals surface area contributed by atoms with Gasteiger partial charge < -0.3 is 5.32 Å². The average Bonchev–Trinajstić information content (AvgIpc) is 2.42. The first-order chi connectivity index (χ1) is 9.88. The van der Waals surface area contributed by atoms with Crippen LogP contribution in [0.25, 0.3) is 0 Å². The second kappa shape index (κ2) is 5.92. The fourth-order valence-corrected chi connectivity index (χ4v) is 2.05. The van der Waals surface area contributed by atoms with Gasteiger partial charge in [0.25, 0.3) is 5.69 Å². The summed E-state index contributed by atoms with van der Waals surface area (Å²) in [5, 5.41) is 13.5. The van der Waals surface area contributed by atoms with E-state index in [1.54, 1.807) is 13.0 Å². The Morgan fingerprint density at radius 3 is 2.62 bits per heavy atom. The Kier molecular flexibility index (Phi) is 4.23. The Balaban J connectivity index is 2.37. The third-order valence-electron chi connectivity index (χ3n) is 2.77.